The van der Waals surface area contributed by atoms with E-state index in [4.69, 9.17) is 10.2 Å². The minimum Gasteiger partial charge on any atom is -0.481 e. The molecule has 2 N–H and O–H groups in total. The van der Waals surface area contributed by atoms with Gasteiger partial charge in [0.1, 0.15) is 0 Å². The molecule has 0 aliphatic carbocycles. The summed E-state index contributed by atoms with van der Waals surface area (Å²) in [4.78, 5) is 10.7. The fourth-order valence-corrected chi connectivity index (χ4v) is 3.34. The Bertz CT molecular complexity index is 532. The van der Waals surface area contributed by atoms with Gasteiger partial charge in [0.15, 0.2) is 0 Å². The second-order valence-corrected chi connectivity index (χ2v) is 6.28. The van der Waals surface area contributed by atoms with Crippen molar-refractivity contribution in [2.45, 2.75) is 24.7 Å². The van der Waals surface area contributed by atoms with Crippen molar-refractivity contribution in [3.8, 4) is 0 Å². The van der Waals surface area contributed by atoms with Crippen molar-refractivity contribution in [1.82, 2.24) is 4.31 Å². The molecule has 112 valence electrons. The van der Waals surface area contributed by atoms with Gasteiger partial charge in [0.2, 0.25) is 10.0 Å². The number of hydrogen-bond donors (Lipinski definition) is 2. The number of aliphatic carboxylic acids is 1. The van der Waals surface area contributed by atoms with Crippen LogP contribution in [0.5, 0.6) is 0 Å². The van der Waals surface area contributed by atoms with Gasteiger partial charge in [-0.1, -0.05) is 19.1 Å². The van der Waals surface area contributed by atoms with E-state index in [0.29, 0.717) is 18.5 Å². The first-order valence-electron chi connectivity index (χ1n) is 6.33. The van der Waals surface area contributed by atoms with Gasteiger partial charge in [-0.15, -0.1) is 0 Å². The van der Waals surface area contributed by atoms with Crippen LogP contribution in [0.15, 0.2) is 29.2 Å². The zero-order chi connectivity index (χ0) is 15.2. The summed E-state index contributed by atoms with van der Waals surface area (Å²) in [6.07, 6.45) is 0.506. The fraction of sp³-hybridized carbons (Fsp3) is 0.462. The summed E-state index contributed by atoms with van der Waals surface area (Å²) >= 11 is 0. The maximum Gasteiger partial charge on any atom is 0.307 e. The maximum atomic E-state index is 12.3. The molecule has 0 saturated carbocycles. The lowest BCUT2D eigenvalue weighted by Gasteiger charge is -2.20. The van der Waals surface area contributed by atoms with Gasteiger partial charge >= 0.3 is 5.97 Å². The molecule has 0 fully saturated rings. The predicted octanol–water partition coefficient (Wildman–Crippen LogP) is 0.707. The van der Waals surface area contributed by atoms with Gasteiger partial charge < -0.3 is 10.2 Å². The predicted molar refractivity (Wildman–Crippen MR) is 73.9 cm³/mol. The van der Waals surface area contributed by atoms with Gasteiger partial charge in [-0.25, -0.2) is 8.42 Å². The highest BCUT2D eigenvalue weighted by atomic mass is 32.2. The van der Waals surface area contributed by atoms with E-state index in [1.165, 1.54) is 28.6 Å². The summed E-state index contributed by atoms with van der Waals surface area (Å²) in [5, 5.41) is 17.6. The summed E-state index contributed by atoms with van der Waals surface area (Å²) in [5.74, 6) is -0.964. The minimum atomic E-state index is -3.64. The molecule has 6 nitrogen and oxygen atoms in total. The Hall–Kier alpha value is -1.44. The summed E-state index contributed by atoms with van der Waals surface area (Å²) in [6, 6.07) is 5.77. The molecule has 20 heavy (non-hydrogen) atoms. The molecule has 0 saturated heterocycles. The molecule has 0 radical (unpaired) electrons. The Morgan fingerprint density at radius 1 is 1.20 bits per heavy atom. The van der Waals surface area contributed by atoms with Gasteiger partial charge in [0.05, 0.1) is 17.9 Å². The van der Waals surface area contributed by atoms with Gasteiger partial charge in [0, 0.05) is 13.1 Å². The van der Waals surface area contributed by atoms with Crippen molar-refractivity contribution in [3.63, 3.8) is 0 Å². The third-order valence-corrected chi connectivity index (χ3v) is 4.65. The lowest BCUT2D eigenvalue weighted by molar-refractivity contribution is -0.136. The van der Waals surface area contributed by atoms with Crippen molar-refractivity contribution in [3.05, 3.63) is 29.8 Å². The molecule has 0 aliphatic rings. The normalized spacial score (nSPS) is 11.8. The second-order valence-electron chi connectivity index (χ2n) is 4.34. The SMILES string of the molecule is CCCN(CCO)S(=O)(=O)c1ccc(CC(=O)O)cc1. The average molecular weight is 301 g/mol. The van der Waals surface area contributed by atoms with E-state index in [2.05, 4.69) is 0 Å². The minimum absolute atomic E-state index is 0.0487. The summed E-state index contributed by atoms with van der Waals surface area (Å²) in [5.41, 5.74) is 0.542. The van der Waals surface area contributed by atoms with Crippen LogP contribution in [-0.2, 0) is 21.2 Å². The fourth-order valence-electron chi connectivity index (χ4n) is 1.82. The van der Waals surface area contributed by atoms with Crippen molar-refractivity contribution >= 4 is 16.0 Å². The molecule has 0 unspecified atom stereocenters. The van der Waals surface area contributed by atoms with Crippen LogP contribution in [0.2, 0.25) is 0 Å². The molecule has 1 rings (SSSR count). The molecule has 0 heterocycles. The lowest BCUT2D eigenvalue weighted by Crippen LogP contribution is -2.34. The molecule has 0 aliphatic heterocycles. The Balaban J connectivity index is 2.98. The smallest absolute Gasteiger partial charge is 0.307 e. The molecule has 1 aromatic rings. The monoisotopic (exact) mass is 301 g/mol. The largest absolute Gasteiger partial charge is 0.481 e. The van der Waals surface area contributed by atoms with E-state index in [0.717, 1.165) is 0 Å². The number of rotatable bonds is 8. The van der Waals surface area contributed by atoms with Crippen LogP contribution in [0.3, 0.4) is 0 Å². The molecule has 0 atom stereocenters. The van der Waals surface area contributed by atoms with Crippen LogP contribution in [-0.4, -0.2) is 48.6 Å². The highest BCUT2D eigenvalue weighted by Gasteiger charge is 2.23. The van der Waals surface area contributed by atoms with Crippen LogP contribution < -0.4 is 0 Å². The molecule has 0 spiro atoms. The molecule has 0 amide bonds. The number of aliphatic hydroxyl groups excluding tert-OH is 1. The number of benzene rings is 1. The van der Waals surface area contributed by atoms with E-state index in [-0.39, 0.29) is 24.5 Å². The van der Waals surface area contributed by atoms with Gasteiger partial charge in [-0.3, -0.25) is 4.79 Å². The first kappa shape index (κ1) is 16.6. The van der Waals surface area contributed by atoms with Gasteiger partial charge in [-0.2, -0.15) is 4.31 Å². The zero-order valence-corrected chi connectivity index (χ0v) is 12.1. The van der Waals surface area contributed by atoms with Crippen molar-refractivity contribution in [2.75, 3.05) is 19.7 Å². The van der Waals surface area contributed by atoms with E-state index >= 15 is 0 Å². The van der Waals surface area contributed by atoms with Crippen molar-refractivity contribution in [2.24, 2.45) is 0 Å². The van der Waals surface area contributed by atoms with E-state index in [9.17, 15) is 13.2 Å². The second kappa shape index (κ2) is 7.37. The van der Waals surface area contributed by atoms with Crippen LogP contribution in [0.4, 0.5) is 0 Å². The molecule has 7 heteroatoms. The number of sulfonamides is 1. The van der Waals surface area contributed by atoms with Crippen LogP contribution >= 0.6 is 0 Å². The van der Waals surface area contributed by atoms with Crippen LogP contribution in [0.1, 0.15) is 18.9 Å². The Morgan fingerprint density at radius 2 is 1.80 bits per heavy atom. The molecule has 0 bridgehead atoms. The first-order valence-corrected chi connectivity index (χ1v) is 7.77. The first-order chi connectivity index (χ1) is 9.41. The molecule has 1 aromatic carbocycles. The molecule has 0 aromatic heterocycles. The van der Waals surface area contributed by atoms with E-state index < -0.39 is 16.0 Å². The number of carboxylic acids is 1. The topological polar surface area (TPSA) is 94.9 Å². The molecular weight excluding hydrogens is 282 g/mol. The lowest BCUT2D eigenvalue weighted by atomic mass is 10.2. The summed E-state index contributed by atoms with van der Waals surface area (Å²) in [6.45, 7) is 2.00. The molecular formula is C13H19NO5S. The Kier molecular flexibility index (Phi) is 6.12. The Morgan fingerprint density at radius 3 is 2.25 bits per heavy atom. The zero-order valence-electron chi connectivity index (χ0n) is 11.3. The number of carbonyl (C=O) groups is 1. The average Bonchev–Trinajstić information content (AvgIpc) is 2.38. The van der Waals surface area contributed by atoms with Crippen molar-refractivity contribution in [1.29, 1.82) is 0 Å². The number of carboxylic acid groups (broad SMARTS) is 1. The Labute approximate surface area is 118 Å². The summed E-state index contributed by atoms with van der Waals surface area (Å²) in [7, 11) is -3.64. The van der Waals surface area contributed by atoms with Crippen molar-refractivity contribution < 1.29 is 23.4 Å². The number of nitrogens with zero attached hydrogens (tertiary/aromatic N) is 1. The quantitative estimate of drug-likeness (QED) is 0.737. The van der Waals surface area contributed by atoms with Crippen LogP contribution in [0.25, 0.3) is 0 Å². The van der Waals surface area contributed by atoms with Gasteiger partial charge in [0.25, 0.3) is 0 Å². The van der Waals surface area contributed by atoms with E-state index in [1.54, 1.807) is 0 Å². The number of hydrogen-bond acceptors (Lipinski definition) is 4. The highest BCUT2D eigenvalue weighted by molar-refractivity contribution is 7.89. The number of aliphatic hydroxyl groups is 1. The van der Waals surface area contributed by atoms with E-state index in [1.807, 2.05) is 6.92 Å². The maximum absolute atomic E-state index is 12.3. The van der Waals surface area contributed by atoms with Crippen LogP contribution in [0, 0.1) is 0 Å². The van der Waals surface area contributed by atoms with Gasteiger partial charge in [-0.05, 0) is 24.1 Å². The third-order valence-electron chi connectivity index (χ3n) is 2.74. The summed E-state index contributed by atoms with van der Waals surface area (Å²) < 4.78 is 25.9. The standard InChI is InChI=1S/C13H19NO5S/c1-2-7-14(8-9-15)20(18,19)12-5-3-11(4-6-12)10-13(16)17/h3-6,15H,2,7-10H2,1H3,(H,16,17). The highest BCUT2D eigenvalue weighted by Crippen LogP contribution is 2.17. The third kappa shape index (κ3) is 4.29.